The molecule has 0 radical (unpaired) electrons. The molecule has 57 heavy (non-hydrogen) atoms. The van der Waals surface area contributed by atoms with Gasteiger partial charge in [-0.15, -0.1) is 0 Å². The number of hydrogen-bond acceptors (Lipinski definition) is 2. The molecule has 0 amide bonds. The van der Waals surface area contributed by atoms with Gasteiger partial charge in [-0.05, 0) is 92.5 Å². The highest BCUT2D eigenvalue weighted by atomic mass is 16.3. The minimum Gasteiger partial charge on any atom is -0.456 e. The van der Waals surface area contributed by atoms with Crippen LogP contribution in [-0.4, -0.2) is 0 Å². The molecule has 0 aliphatic heterocycles. The van der Waals surface area contributed by atoms with E-state index in [9.17, 15) is 0 Å². The summed E-state index contributed by atoms with van der Waals surface area (Å²) in [5, 5.41) is 2.14. The summed E-state index contributed by atoms with van der Waals surface area (Å²) in [6, 6.07) is 65.8. The molecule has 0 saturated heterocycles. The Bertz CT molecular complexity index is 3320. The molecule has 0 N–H and O–H groups in total. The molecule has 11 rings (SSSR count). The molecule has 1 aliphatic carbocycles. The van der Waals surface area contributed by atoms with E-state index >= 15 is 0 Å². The van der Waals surface area contributed by atoms with Crippen LogP contribution in [0.3, 0.4) is 0 Å². The zero-order valence-electron chi connectivity index (χ0n) is 35.8. The SMILES string of the molecule is [2H]c1c([2H])c([2H])c(-c2ccc(N(c3ccc(-c4ccccc4)cc3)c3ccc4c(c3)C(c3ccccc3)(c3cccc5c3oc3ccccc35)c3ccccc3-4)cc2)c([2H])c1[2H]. The van der Waals surface area contributed by atoms with E-state index < -0.39 is 11.5 Å². The minimum absolute atomic E-state index is 0.170. The van der Waals surface area contributed by atoms with E-state index in [-0.39, 0.29) is 29.7 Å². The topological polar surface area (TPSA) is 16.4 Å². The van der Waals surface area contributed by atoms with Crippen molar-refractivity contribution in [3.8, 4) is 33.4 Å². The lowest BCUT2D eigenvalue weighted by Crippen LogP contribution is -2.29. The smallest absolute Gasteiger partial charge is 0.140 e. The lowest BCUT2D eigenvalue weighted by Gasteiger charge is -2.35. The van der Waals surface area contributed by atoms with Gasteiger partial charge in [-0.3, -0.25) is 0 Å². The van der Waals surface area contributed by atoms with Crippen LogP contribution in [0.2, 0.25) is 0 Å². The second kappa shape index (κ2) is 13.4. The fourth-order valence-electron chi connectivity index (χ4n) is 8.95. The van der Waals surface area contributed by atoms with Crippen LogP contribution >= 0.6 is 0 Å². The zero-order chi connectivity index (χ0) is 42.1. The molecule has 0 bridgehead atoms. The van der Waals surface area contributed by atoms with Crippen LogP contribution in [0.4, 0.5) is 17.1 Å². The summed E-state index contributed by atoms with van der Waals surface area (Å²) in [7, 11) is 0. The number of rotatable bonds is 7. The Hall–Kier alpha value is -7.42. The first-order valence-corrected chi connectivity index (χ1v) is 19.2. The lowest BCUT2D eigenvalue weighted by molar-refractivity contribution is 0.648. The number of fused-ring (bicyclic) bond motifs is 6. The molecule has 0 fully saturated rings. The monoisotopic (exact) mass is 732 g/mol. The maximum Gasteiger partial charge on any atom is 0.140 e. The van der Waals surface area contributed by atoms with Crippen LogP contribution in [0.25, 0.3) is 55.3 Å². The summed E-state index contributed by atoms with van der Waals surface area (Å²) in [5.74, 6) is 0. The normalized spacial score (nSPS) is 15.6. The van der Waals surface area contributed by atoms with Crippen molar-refractivity contribution in [1.82, 2.24) is 0 Å². The number of furan rings is 1. The number of nitrogens with zero attached hydrogens (tertiary/aromatic N) is 1. The molecule has 1 atom stereocenters. The molecular weight excluding hydrogens is 691 g/mol. The Labute approximate surface area is 339 Å². The second-order valence-electron chi connectivity index (χ2n) is 14.5. The lowest BCUT2D eigenvalue weighted by atomic mass is 9.67. The van der Waals surface area contributed by atoms with Crippen molar-refractivity contribution in [2.75, 3.05) is 4.90 Å². The molecule has 1 aromatic heterocycles. The van der Waals surface area contributed by atoms with Crippen LogP contribution in [0.1, 0.15) is 29.1 Å². The van der Waals surface area contributed by atoms with Crippen LogP contribution in [0, 0.1) is 0 Å². The van der Waals surface area contributed by atoms with Gasteiger partial charge in [-0.1, -0.05) is 182 Å². The molecule has 268 valence electrons. The summed E-state index contributed by atoms with van der Waals surface area (Å²) in [4.78, 5) is 2.22. The van der Waals surface area contributed by atoms with Crippen molar-refractivity contribution in [3.05, 3.63) is 247 Å². The maximum absolute atomic E-state index is 8.67. The molecule has 0 saturated carbocycles. The largest absolute Gasteiger partial charge is 0.456 e. The van der Waals surface area contributed by atoms with Crippen LogP contribution in [0.15, 0.2) is 229 Å². The van der Waals surface area contributed by atoms with Crippen LogP contribution in [0.5, 0.6) is 0 Å². The van der Waals surface area contributed by atoms with Crippen molar-refractivity contribution < 1.29 is 11.3 Å². The predicted molar refractivity (Wildman–Crippen MR) is 237 cm³/mol. The van der Waals surface area contributed by atoms with Crippen molar-refractivity contribution in [1.29, 1.82) is 0 Å². The standard InChI is InChI=1S/C55H37NO/c1-4-15-38(16-5-1)40-27-31-43(32-28-40)56(44-33-29-41(30-34-44)39-17-6-2-7-18-39)45-35-36-47-46-21-10-12-24-50(46)55(52(47)37-45,42-19-8-3-9-20-42)51-25-14-23-49-48-22-11-13-26-53(48)57-54(49)51/h1-37H/i1D,4D,5D,15D,16D. The Morgan fingerprint density at radius 2 is 0.965 bits per heavy atom. The zero-order valence-corrected chi connectivity index (χ0v) is 30.8. The number of hydrogen-bond donors (Lipinski definition) is 0. The summed E-state index contributed by atoms with van der Waals surface area (Å²) < 4.78 is 49.0. The van der Waals surface area contributed by atoms with E-state index in [4.69, 9.17) is 11.3 Å². The quantitative estimate of drug-likeness (QED) is 0.162. The number of anilines is 3. The van der Waals surface area contributed by atoms with Crippen LogP contribution < -0.4 is 4.90 Å². The van der Waals surface area contributed by atoms with Gasteiger partial charge in [0.1, 0.15) is 11.2 Å². The molecule has 1 heterocycles. The number of benzene rings is 9. The Morgan fingerprint density at radius 3 is 1.72 bits per heavy atom. The summed E-state index contributed by atoms with van der Waals surface area (Å²) in [6.07, 6.45) is 0. The molecule has 1 aliphatic rings. The molecular formula is C55H37NO. The highest BCUT2D eigenvalue weighted by molar-refractivity contribution is 6.07. The van der Waals surface area contributed by atoms with Crippen molar-refractivity contribution >= 4 is 39.0 Å². The summed E-state index contributed by atoms with van der Waals surface area (Å²) in [5.41, 5.74) is 13.3. The number of para-hydroxylation sites is 2. The van der Waals surface area contributed by atoms with Gasteiger partial charge in [-0.2, -0.15) is 0 Å². The molecule has 0 spiro atoms. The third-order valence-electron chi connectivity index (χ3n) is 11.4. The highest BCUT2D eigenvalue weighted by Crippen LogP contribution is 2.58. The fourth-order valence-corrected chi connectivity index (χ4v) is 8.95. The third-order valence-corrected chi connectivity index (χ3v) is 11.4. The Morgan fingerprint density at radius 1 is 0.404 bits per heavy atom. The molecule has 9 aromatic carbocycles. The van der Waals surface area contributed by atoms with Gasteiger partial charge in [0.2, 0.25) is 0 Å². The van der Waals surface area contributed by atoms with Gasteiger partial charge in [0.25, 0.3) is 0 Å². The van der Waals surface area contributed by atoms with Crippen molar-refractivity contribution in [2.45, 2.75) is 5.41 Å². The third kappa shape index (κ3) is 5.26. The summed E-state index contributed by atoms with van der Waals surface area (Å²) >= 11 is 0. The predicted octanol–water partition coefficient (Wildman–Crippen LogP) is 14.8. The van der Waals surface area contributed by atoms with Crippen molar-refractivity contribution in [2.24, 2.45) is 0 Å². The van der Waals surface area contributed by atoms with E-state index in [0.717, 1.165) is 77.9 Å². The van der Waals surface area contributed by atoms with Crippen molar-refractivity contribution in [3.63, 3.8) is 0 Å². The highest BCUT2D eigenvalue weighted by Gasteiger charge is 2.48. The first-order chi connectivity index (χ1) is 30.3. The average Bonchev–Trinajstić information content (AvgIpc) is 3.85. The van der Waals surface area contributed by atoms with Gasteiger partial charge in [-0.25, -0.2) is 0 Å². The van der Waals surface area contributed by atoms with Gasteiger partial charge >= 0.3 is 0 Å². The molecule has 1 unspecified atom stereocenters. The van der Waals surface area contributed by atoms with Gasteiger partial charge < -0.3 is 9.32 Å². The maximum atomic E-state index is 8.67. The Balaban J connectivity index is 1.15. The van der Waals surface area contributed by atoms with Gasteiger partial charge in [0, 0.05) is 33.4 Å². The Kier molecular flexibility index (Phi) is 6.60. The van der Waals surface area contributed by atoms with E-state index in [1.165, 1.54) is 5.56 Å². The molecule has 10 aromatic rings. The van der Waals surface area contributed by atoms with E-state index in [1.807, 2.05) is 54.6 Å². The molecule has 2 nitrogen and oxygen atoms in total. The van der Waals surface area contributed by atoms with E-state index in [1.54, 1.807) is 0 Å². The average molecular weight is 733 g/mol. The van der Waals surface area contributed by atoms with E-state index in [0.29, 0.717) is 5.56 Å². The summed E-state index contributed by atoms with van der Waals surface area (Å²) in [6.45, 7) is 0. The van der Waals surface area contributed by atoms with Gasteiger partial charge in [0.05, 0.1) is 12.3 Å². The van der Waals surface area contributed by atoms with Crippen LogP contribution in [-0.2, 0) is 5.41 Å². The van der Waals surface area contributed by atoms with Gasteiger partial charge in [0.15, 0.2) is 0 Å². The first-order valence-electron chi connectivity index (χ1n) is 21.7. The fraction of sp³-hybridized carbons (Fsp3) is 0.0182. The van der Waals surface area contributed by atoms with E-state index in [2.05, 4.69) is 144 Å². The second-order valence-corrected chi connectivity index (χ2v) is 14.5. The molecule has 2 heteroatoms. The minimum atomic E-state index is -0.760. The first kappa shape index (κ1) is 28.1.